The second kappa shape index (κ2) is 7.70. The van der Waals surface area contributed by atoms with E-state index >= 15 is 0 Å². The first-order chi connectivity index (χ1) is 9.02. The zero-order chi connectivity index (χ0) is 14.3. The summed E-state index contributed by atoms with van der Waals surface area (Å²) in [4.78, 5) is 26.0. The first kappa shape index (κ1) is 15.4. The molecule has 0 atom stereocenters. The van der Waals surface area contributed by atoms with Crippen molar-refractivity contribution in [2.45, 2.75) is 6.92 Å². The number of aliphatic carboxylic acids is 1. The van der Waals surface area contributed by atoms with Crippen LogP contribution in [0.2, 0.25) is 0 Å². The van der Waals surface area contributed by atoms with Gasteiger partial charge in [-0.3, -0.25) is 9.59 Å². The minimum Gasteiger partial charge on any atom is -0.480 e. The minimum absolute atomic E-state index is 0.259. The van der Waals surface area contributed by atoms with Gasteiger partial charge in [0.1, 0.15) is 6.54 Å². The highest BCUT2D eigenvalue weighted by molar-refractivity contribution is 7.12. The molecule has 6 heteroatoms. The second-order valence-corrected chi connectivity index (χ2v) is 5.25. The Morgan fingerprint density at radius 1 is 1.47 bits per heavy atom. The number of hydrogen-bond acceptors (Lipinski definition) is 4. The number of carboxylic acids is 1. The molecule has 1 amide bonds. The Balaban J connectivity index is 2.64. The zero-order valence-corrected chi connectivity index (χ0v) is 11.8. The molecule has 1 N–H and O–H groups in total. The predicted octanol–water partition coefficient (Wildman–Crippen LogP) is 1.63. The molecule has 0 radical (unpaired) electrons. The molecule has 0 spiro atoms. The molecule has 0 aliphatic heterocycles. The number of thiophene rings is 1. The third-order valence-electron chi connectivity index (χ3n) is 2.35. The van der Waals surface area contributed by atoms with Crippen LogP contribution in [0.1, 0.15) is 9.75 Å². The molecule has 0 aliphatic rings. The Morgan fingerprint density at radius 3 is 2.74 bits per heavy atom. The number of nitrogens with zero attached hydrogens (tertiary/aromatic N) is 1. The van der Waals surface area contributed by atoms with Crippen LogP contribution < -0.4 is 0 Å². The number of hydrogen-bond donors (Lipinski definition) is 1. The quantitative estimate of drug-likeness (QED) is 0.772. The van der Waals surface area contributed by atoms with E-state index in [4.69, 9.17) is 9.84 Å². The number of carbonyl (C=O) groups excluding carboxylic acids is 1. The summed E-state index contributed by atoms with van der Waals surface area (Å²) in [5.74, 6) is -1.37. The fraction of sp³-hybridized carbons (Fsp3) is 0.385. The van der Waals surface area contributed by atoms with Gasteiger partial charge in [0, 0.05) is 29.5 Å². The fourth-order valence-electron chi connectivity index (χ4n) is 1.43. The predicted molar refractivity (Wildman–Crippen MR) is 74.2 cm³/mol. The van der Waals surface area contributed by atoms with Crippen molar-refractivity contribution in [3.05, 3.63) is 28.0 Å². The SMILES string of the molecule is COCCN(CC(=O)O)C(=O)C=Cc1ccc(C)s1. The van der Waals surface area contributed by atoms with E-state index in [1.165, 1.54) is 18.1 Å². The van der Waals surface area contributed by atoms with Gasteiger partial charge in [-0.1, -0.05) is 0 Å². The van der Waals surface area contributed by atoms with E-state index in [2.05, 4.69) is 0 Å². The highest BCUT2D eigenvalue weighted by Gasteiger charge is 2.13. The molecule has 1 aromatic heterocycles. The molecule has 0 unspecified atom stereocenters. The lowest BCUT2D eigenvalue weighted by atomic mass is 10.3. The lowest BCUT2D eigenvalue weighted by Crippen LogP contribution is -2.36. The maximum atomic E-state index is 11.9. The van der Waals surface area contributed by atoms with Crippen LogP contribution in [-0.4, -0.2) is 48.7 Å². The van der Waals surface area contributed by atoms with Crippen molar-refractivity contribution in [1.82, 2.24) is 4.90 Å². The van der Waals surface area contributed by atoms with Crippen LogP contribution in [0.25, 0.3) is 6.08 Å². The van der Waals surface area contributed by atoms with Crippen LogP contribution >= 0.6 is 11.3 Å². The normalized spacial score (nSPS) is 10.8. The van der Waals surface area contributed by atoms with Gasteiger partial charge in [-0.15, -0.1) is 11.3 Å². The van der Waals surface area contributed by atoms with E-state index in [9.17, 15) is 9.59 Å². The van der Waals surface area contributed by atoms with Crippen LogP contribution in [0, 0.1) is 6.92 Å². The third kappa shape index (κ3) is 5.67. The van der Waals surface area contributed by atoms with Gasteiger partial charge >= 0.3 is 5.97 Å². The summed E-state index contributed by atoms with van der Waals surface area (Å²) in [6.45, 7) is 2.23. The molecule has 0 aromatic carbocycles. The van der Waals surface area contributed by atoms with Gasteiger partial charge in [-0.05, 0) is 25.1 Å². The zero-order valence-electron chi connectivity index (χ0n) is 11.0. The highest BCUT2D eigenvalue weighted by atomic mass is 32.1. The molecule has 1 heterocycles. The summed E-state index contributed by atoms with van der Waals surface area (Å²) >= 11 is 1.57. The van der Waals surface area contributed by atoms with Crippen LogP contribution in [0.5, 0.6) is 0 Å². The van der Waals surface area contributed by atoms with Gasteiger partial charge in [0.2, 0.25) is 5.91 Å². The Labute approximate surface area is 116 Å². The second-order valence-electron chi connectivity index (χ2n) is 3.93. The van der Waals surface area contributed by atoms with E-state index < -0.39 is 5.97 Å². The van der Waals surface area contributed by atoms with Gasteiger partial charge in [0.05, 0.1) is 6.61 Å². The summed E-state index contributed by atoms with van der Waals surface area (Å²) in [5, 5.41) is 8.76. The summed E-state index contributed by atoms with van der Waals surface area (Å²) in [6, 6.07) is 3.88. The first-order valence-electron chi connectivity index (χ1n) is 5.77. The van der Waals surface area contributed by atoms with Crippen molar-refractivity contribution >= 4 is 29.3 Å². The smallest absolute Gasteiger partial charge is 0.323 e. The van der Waals surface area contributed by atoms with Crippen LogP contribution in [0.4, 0.5) is 0 Å². The largest absolute Gasteiger partial charge is 0.480 e. The lowest BCUT2D eigenvalue weighted by molar-refractivity contribution is -0.143. The third-order valence-corrected chi connectivity index (χ3v) is 3.32. The van der Waals surface area contributed by atoms with E-state index in [0.29, 0.717) is 6.61 Å². The number of ether oxygens (including phenoxy) is 1. The van der Waals surface area contributed by atoms with Gasteiger partial charge < -0.3 is 14.7 Å². The minimum atomic E-state index is -1.04. The van der Waals surface area contributed by atoms with Crippen molar-refractivity contribution in [1.29, 1.82) is 0 Å². The molecule has 1 aromatic rings. The van der Waals surface area contributed by atoms with Crippen molar-refractivity contribution in [3.63, 3.8) is 0 Å². The maximum absolute atomic E-state index is 11.9. The molecule has 5 nitrogen and oxygen atoms in total. The lowest BCUT2D eigenvalue weighted by Gasteiger charge is -2.18. The van der Waals surface area contributed by atoms with Crippen LogP contribution in [-0.2, 0) is 14.3 Å². The Bertz CT molecular complexity index is 467. The molecule has 0 fully saturated rings. The Morgan fingerprint density at radius 2 is 2.21 bits per heavy atom. The summed E-state index contributed by atoms with van der Waals surface area (Å²) in [7, 11) is 1.51. The van der Waals surface area contributed by atoms with Crippen molar-refractivity contribution < 1.29 is 19.4 Å². The topological polar surface area (TPSA) is 66.8 Å². The number of carbonyl (C=O) groups is 2. The number of methoxy groups -OCH3 is 1. The van der Waals surface area contributed by atoms with Gasteiger partial charge in [-0.2, -0.15) is 0 Å². The molecule has 1 rings (SSSR count). The average molecular weight is 283 g/mol. The molecule has 0 bridgehead atoms. The van der Waals surface area contributed by atoms with Crippen molar-refractivity contribution in [2.75, 3.05) is 26.8 Å². The Kier molecular flexibility index (Phi) is 6.24. The monoisotopic (exact) mass is 283 g/mol. The van der Waals surface area contributed by atoms with E-state index in [-0.39, 0.29) is 19.0 Å². The number of amides is 1. The van der Waals surface area contributed by atoms with Gasteiger partial charge in [0.15, 0.2) is 0 Å². The fourth-order valence-corrected chi connectivity index (χ4v) is 2.21. The van der Waals surface area contributed by atoms with Crippen molar-refractivity contribution in [2.24, 2.45) is 0 Å². The highest BCUT2D eigenvalue weighted by Crippen LogP contribution is 2.16. The van der Waals surface area contributed by atoms with Crippen molar-refractivity contribution in [3.8, 4) is 0 Å². The molecule has 19 heavy (non-hydrogen) atoms. The summed E-state index contributed by atoms with van der Waals surface area (Å²) in [6.07, 6.45) is 3.09. The van der Waals surface area contributed by atoms with Crippen LogP contribution in [0.15, 0.2) is 18.2 Å². The number of carboxylic acid groups (broad SMARTS) is 1. The summed E-state index contributed by atoms with van der Waals surface area (Å²) in [5.41, 5.74) is 0. The van der Waals surface area contributed by atoms with E-state index in [0.717, 1.165) is 9.75 Å². The van der Waals surface area contributed by atoms with Crippen LogP contribution in [0.3, 0.4) is 0 Å². The molecule has 0 saturated heterocycles. The number of rotatable bonds is 7. The molecular weight excluding hydrogens is 266 g/mol. The maximum Gasteiger partial charge on any atom is 0.323 e. The average Bonchev–Trinajstić information content (AvgIpc) is 2.77. The van der Waals surface area contributed by atoms with E-state index in [1.807, 2.05) is 19.1 Å². The van der Waals surface area contributed by atoms with Gasteiger partial charge in [0.25, 0.3) is 0 Å². The van der Waals surface area contributed by atoms with E-state index in [1.54, 1.807) is 17.4 Å². The van der Waals surface area contributed by atoms with Gasteiger partial charge in [-0.25, -0.2) is 0 Å². The molecular formula is C13H17NO4S. The molecule has 0 aliphatic carbocycles. The molecule has 0 saturated carbocycles. The first-order valence-corrected chi connectivity index (χ1v) is 6.58. The Hall–Kier alpha value is -1.66. The molecule has 104 valence electrons. The standard InChI is InChI=1S/C13H17NO4S/c1-10-3-4-11(19-10)5-6-12(15)14(7-8-18-2)9-13(16)17/h3-6H,7-9H2,1-2H3,(H,16,17). The summed E-state index contributed by atoms with van der Waals surface area (Å²) < 4.78 is 4.86. The number of aryl methyl sites for hydroxylation is 1.